The summed E-state index contributed by atoms with van der Waals surface area (Å²) in [5, 5.41) is 4.83. The van der Waals surface area contributed by atoms with Crippen LogP contribution in [0.2, 0.25) is 0 Å². The summed E-state index contributed by atoms with van der Waals surface area (Å²) in [7, 11) is 0. The Balaban J connectivity index is 1.78. The molecule has 2 N–H and O–H groups in total. The van der Waals surface area contributed by atoms with Gasteiger partial charge in [-0.15, -0.1) is 0 Å². The fourth-order valence-electron chi connectivity index (χ4n) is 2.58. The van der Waals surface area contributed by atoms with E-state index in [-0.39, 0.29) is 19.0 Å². The molecule has 1 fully saturated rings. The van der Waals surface area contributed by atoms with Gasteiger partial charge in [0.1, 0.15) is 5.69 Å². The molecule has 1 saturated carbocycles. The maximum absolute atomic E-state index is 13.3. The number of nitrogens with zero attached hydrogens (tertiary/aromatic N) is 1. The average Bonchev–Trinajstić information content (AvgIpc) is 2.97. The van der Waals surface area contributed by atoms with Gasteiger partial charge in [0.05, 0.1) is 0 Å². The van der Waals surface area contributed by atoms with Crippen molar-refractivity contribution in [3.8, 4) is 0 Å². The monoisotopic (exact) mass is 319 g/mol. The lowest BCUT2D eigenvalue weighted by Crippen LogP contribution is -2.30. The van der Waals surface area contributed by atoms with Gasteiger partial charge >= 0.3 is 0 Å². The number of carbonyl (C=O) groups excluding carboxylic acids is 1. The Hall–Kier alpha value is -1.86. The van der Waals surface area contributed by atoms with Gasteiger partial charge in [0.2, 0.25) is 17.5 Å². The minimum atomic E-state index is -1.72. The second-order valence-corrected chi connectivity index (χ2v) is 5.33. The number of pyridine rings is 1. The van der Waals surface area contributed by atoms with E-state index < -0.39 is 29.2 Å². The third-order valence-electron chi connectivity index (χ3n) is 3.70. The van der Waals surface area contributed by atoms with E-state index in [1.807, 2.05) is 0 Å². The van der Waals surface area contributed by atoms with Gasteiger partial charge in [-0.05, 0) is 18.8 Å². The number of carbonyl (C=O) groups is 1. The van der Waals surface area contributed by atoms with Gasteiger partial charge in [-0.25, -0.2) is 0 Å². The van der Waals surface area contributed by atoms with Gasteiger partial charge in [0, 0.05) is 19.5 Å². The lowest BCUT2D eigenvalue weighted by molar-refractivity contribution is -0.121. The molecule has 4 nitrogen and oxygen atoms in total. The second kappa shape index (κ2) is 7.42. The number of aromatic nitrogens is 1. The molecule has 0 unspecified atom stereocenters. The molecular formula is C14H17F4N3O. The minimum Gasteiger partial charge on any atom is -0.378 e. The molecule has 1 aromatic rings. The molecule has 22 heavy (non-hydrogen) atoms. The van der Waals surface area contributed by atoms with Gasteiger partial charge in [-0.2, -0.15) is 22.5 Å². The first-order chi connectivity index (χ1) is 10.5. The van der Waals surface area contributed by atoms with E-state index in [1.54, 1.807) is 0 Å². The van der Waals surface area contributed by atoms with Crippen molar-refractivity contribution in [2.45, 2.75) is 32.1 Å². The fourth-order valence-corrected chi connectivity index (χ4v) is 2.58. The number of nitrogens with one attached hydrogen (secondary N) is 2. The third-order valence-corrected chi connectivity index (χ3v) is 3.70. The molecule has 1 amide bonds. The number of hydrogen-bond donors (Lipinski definition) is 2. The van der Waals surface area contributed by atoms with E-state index >= 15 is 0 Å². The molecule has 0 aliphatic heterocycles. The highest BCUT2D eigenvalue weighted by molar-refractivity contribution is 5.76. The largest absolute Gasteiger partial charge is 0.378 e. The van der Waals surface area contributed by atoms with Crippen molar-refractivity contribution < 1.29 is 22.4 Å². The van der Waals surface area contributed by atoms with Gasteiger partial charge in [-0.1, -0.05) is 12.8 Å². The zero-order valence-corrected chi connectivity index (χ0v) is 11.9. The van der Waals surface area contributed by atoms with Crippen LogP contribution in [0.5, 0.6) is 0 Å². The van der Waals surface area contributed by atoms with Crippen molar-refractivity contribution in [2.75, 3.05) is 18.4 Å². The molecule has 1 heterocycles. The topological polar surface area (TPSA) is 54.0 Å². The van der Waals surface area contributed by atoms with Crippen LogP contribution in [0.25, 0.3) is 0 Å². The summed E-state index contributed by atoms with van der Waals surface area (Å²) >= 11 is 0. The number of amides is 1. The summed E-state index contributed by atoms with van der Waals surface area (Å²) in [6.07, 6.45) is 4.78. The predicted octanol–water partition coefficient (Wildman–Crippen LogP) is 2.75. The van der Waals surface area contributed by atoms with Crippen molar-refractivity contribution in [3.05, 3.63) is 23.5 Å². The number of rotatable bonds is 6. The molecule has 0 atom stereocenters. The van der Waals surface area contributed by atoms with Crippen LogP contribution in [-0.2, 0) is 4.79 Å². The van der Waals surface area contributed by atoms with E-state index in [0.29, 0.717) is 12.3 Å². The van der Waals surface area contributed by atoms with Gasteiger partial charge in [0.15, 0.2) is 0 Å². The summed E-state index contributed by atoms with van der Waals surface area (Å²) in [6, 6.07) is 0. The summed E-state index contributed by atoms with van der Waals surface area (Å²) in [4.78, 5) is 14.1. The molecule has 2 rings (SSSR count). The molecule has 122 valence electrons. The van der Waals surface area contributed by atoms with E-state index in [0.717, 1.165) is 25.7 Å². The maximum Gasteiger partial charge on any atom is 0.253 e. The number of hydrogen-bond acceptors (Lipinski definition) is 3. The first-order valence-electron chi connectivity index (χ1n) is 7.19. The molecule has 1 aromatic heterocycles. The zero-order chi connectivity index (χ0) is 16.1. The van der Waals surface area contributed by atoms with Crippen molar-refractivity contribution in [3.63, 3.8) is 0 Å². The molecule has 0 saturated heterocycles. The number of halogens is 4. The molecule has 0 aromatic carbocycles. The van der Waals surface area contributed by atoms with E-state index in [2.05, 4.69) is 15.6 Å². The zero-order valence-electron chi connectivity index (χ0n) is 11.9. The molecule has 8 heteroatoms. The van der Waals surface area contributed by atoms with Gasteiger partial charge < -0.3 is 10.6 Å². The van der Waals surface area contributed by atoms with E-state index in [4.69, 9.17) is 0 Å². The average molecular weight is 319 g/mol. The Labute approximate surface area is 125 Å². The molecule has 0 bridgehead atoms. The Bertz CT molecular complexity index is 521. The summed E-state index contributed by atoms with van der Waals surface area (Å²) in [5.41, 5.74) is -0.921. The van der Waals surface area contributed by atoms with Crippen molar-refractivity contribution in [2.24, 2.45) is 5.92 Å². The van der Waals surface area contributed by atoms with Crippen LogP contribution in [0, 0.1) is 29.4 Å². The van der Waals surface area contributed by atoms with Crippen LogP contribution in [0.3, 0.4) is 0 Å². The molecule has 0 spiro atoms. The van der Waals surface area contributed by atoms with E-state index in [9.17, 15) is 22.4 Å². The highest BCUT2D eigenvalue weighted by Crippen LogP contribution is 2.27. The van der Waals surface area contributed by atoms with Crippen LogP contribution in [0.1, 0.15) is 32.1 Å². The quantitative estimate of drug-likeness (QED) is 0.482. The third kappa shape index (κ3) is 4.08. The van der Waals surface area contributed by atoms with Crippen LogP contribution in [0.15, 0.2) is 0 Å². The Morgan fingerprint density at radius 3 is 2.23 bits per heavy atom. The number of anilines is 1. The summed E-state index contributed by atoms with van der Waals surface area (Å²) in [6.45, 7) is 0.0309. The van der Waals surface area contributed by atoms with Crippen LogP contribution >= 0.6 is 0 Å². The van der Waals surface area contributed by atoms with Crippen molar-refractivity contribution >= 4 is 11.6 Å². The van der Waals surface area contributed by atoms with Crippen molar-refractivity contribution in [1.82, 2.24) is 10.3 Å². The fraction of sp³-hybridized carbons (Fsp3) is 0.571. The maximum atomic E-state index is 13.3. The lowest BCUT2D eigenvalue weighted by atomic mass is 10.0. The lowest BCUT2D eigenvalue weighted by Gasteiger charge is -2.11. The summed E-state index contributed by atoms with van der Waals surface area (Å²) in [5.74, 6) is -6.35. The van der Waals surface area contributed by atoms with Crippen LogP contribution < -0.4 is 10.6 Å². The van der Waals surface area contributed by atoms with Gasteiger partial charge in [0.25, 0.3) is 11.9 Å². The molecule has 1 aliphatic rings. The summed E-state index contributed by atoms with van der Waals surface area (Å²) < 4.78 is 52.4. The Kier molecular flexibility index (Phi) is 5.57. The second-order valence-electron chi connectivity index (χ2n) is 5.33. The van der Waals surface area contributed by atoms with Crippen molar-refractivity contribution in [1.29, 1.82) is 0 Å². The highest BCUT2D eigenvalue weighted by atomic mass is 19.2. The molecule has 1 aliphatic carbocycles. The highest BCUT2D eigenvalue weighted by Gasteiger charge is 2.21. The van der Waals surface area contributed by atoms with Crippen LogP contribution in [-0.4, -0.2) is 24.0 Å². The first-order valence-corrected chi connectivity index (χ1v) is 7.19. The molecule has 0 radical (unpaired) electrons. The predicted molar refractivity (Wildman–Crippen MR) is 72.1 cm³/mol. The smallest absolute Gasteiger partial charge is 0.253 e. The Morgan fingerprint density at radius 1 is 1.05 bits per heavy atom. The normalized spacial score (nSPS) is 15.1. The first kappa shape index (κ1) is 16.5. The standard InChI is InChI=1S/C14H17F4N3O/c15-10-12(11(16)14(18)21-13(10)17)20-6-5-19-9(22)7-8-3-1-2-4-8/h8H,1-7H2,(H,19,22)(H,20,21). The SMILES string of the molecule is O=C(CC1CCCC1)NCCNc1c(F)c(F)nc(F)c1F. The molecular weight excluding hydrogens is 302 g/mol. The Morgan fingerprint density at radius 2 is 1.64 bits per heavy atom. The van der Waals surface area contributed by atoms with E-state index in [1.165, 1.54) is 0 Å². The van der Waals surface area contributed by atoms with Crippen LogP contribution in [0.4, 0.5) is 23.2 Å². The van der Waals surface area contributed by atoms with Gasteiger partial charge in [-0.3, -0.25) is 4.79 Å². The minimum absolute atomic E-state index is 0.0624.